The van der Waals surface area contributed by atoms with Gasteiger partial charge in [-0.15, -0.1) is 0 Å². The number of esters is 1. The monoisotopic (exact) mass is 494 g/mol. The molecule has 3 rings (SSSR count). The Labute approximate surface area is 206 Å². The van der Waals surface area contributed by atoms with Gasteiger partial charge in [0.25, 0.3) is 10.0 Å². The number of amides is 1. The zero-order valence-electron chi connectivity index (χ0n) is 20.5. The van der Waals surface area contributed by atoms with E-state index >= 15 is 0 Å². The van der Waals surface area contributed by atoms with Gasteiger partial charge >= 0.3 is 5.97 Å². The van der Waals surface area contributed by atoms with Gasteiger partial charge in [-0.1, -0.05) is 49.7 Å². The SMILES string of the molecule is COC(=O)c1ccc(C)c(NC(=O)CN(c2ccc(C(C)C)cc2)S(=O)(=O)c2ccc(C)cc2)c1. The number of hydrogen-bond acceptors (Lipinski definition) is 5. The molecule has 1 N–H and O–H groups in total. The molecule has 0 bridgehead atoms. The maximum atomic E-state index is 13.6. The molecule has 0 aliphatic rings. The fourth-order valence-electron chi connectivity index (χ4n) is 3.50. The van der Waals surface area contributed by atoms with Crippen molar-refractivity contribution in [1.82, 2.24) is 0 Å². The first kappa shape index (κ1) is 26.0. The van der Waals surface area contributed by atoms with E-state index in [2.05, 4.69) is 5.32 Å². The van der Waals surface area contributed by atoms with Crippen molar-refractivity contribution in [2.75, 3.05) is 23.3 Å². The Balaban J connectivity index is 1.96. The second kappa shape index (κ2) is 10.7. The Morgan fingerprint density at radius 3 is 2.14 bits per heavy atom. The van der Waals surface area contributed by atoms with Gasteiger partial charge in [0.05, 0.1) is 23.3 Å². The Morgan fingerprint density at radius 2 is 1.57 bits per heavy atom. The molecule has 0 radical (unpaired) electrons. The lowest BCUT2D eigenvalue weighted by molar-refractivity contribution is -0.114. The number of anilines is 2. The number of aryl methyl sites for hydroxylation is 2. The zero-order valence-corrected chi connectivity index (χ0v) is 21.3. The molecular formula is C27H30N2O5S. The summed E-state index contributed by atoms with van der Waals surface area (Å²) >= 11 is 0. The molecule has 3 aromatic rings. The van der Waals surface area contributed by atoms with Crippen LogP contribution in [-0.4, -0.2) is 33.9 Å². The van der Waals surface area contributed by atoms with E-state index in [1.54, 1.807) is 43.3 Å². The molecule has 35 heavy (non-hydrogen) atoms. The van der Waals surface area contributed by atoms with Crippen molar-refractivity contribution in [1.29, 1.82) is 0 Å². The molecule has 0 unspecified atom stereocenters. The summed E-state index contributed by atoms with van der Waals surface area (Å²) in [6, 6.07) is 18.4. The first-order valence-electron chi connectivity index (χ1n) is 11.2. The predicted octanol–water partition coefficient (Wildman–Crippen LogP) is 5.05. The third kappa shape index (κ3) is 6.08. The summed E-state index contributed by atoms with van der Waals surface area (Å²) in [5, 5.41) is 2.74. The molecule has 0 spiro atoms. The summed E-state index contributed by atoms with van der Waals surface area (Å²) in [5.41, 5.74) is 3.77. The summed E-state index contributed by atoms with van der Waals surface area (Å²) in [4.78, 5) is 25.1. The lowest BCUT2D eigenvalue weighted by Gasteiger charge is -2.25. The van der Waals surface area contributed by atoms with Crippen molar-refractivity contribution >= 4 is 33.3 Å². The Hall–Kier alpha value is -3.65. The van der Waals surface area contributed by atoms with E-state index in [0.29, 0.717) is 11.4 Å². The number of benzene rings is 3. The number of nitrogens with one attached hydrogen (secondary N) is 1. The minimum absolute atomic E-state index is 0.0905. The topological polar surface area (TPSA) is 92.8 Å². The third-order valence-electron chi connectivity index (χ3n) is 5.68. The minimum atomic E-state index is -4.03. The standard InChI is InChI=1S/C27H30N2O5S/c1-18(2)21-10-12-23(13-11-21)29(35(32,33)24-14-6-19(3)7-15-24)17-26(30)28-25-16-22(27(31)34-5)9-8-20(25)4/h6-16,18H,17H2,1-5H3,(H,28,30). The molecular weight excluding hydrogens is 464 g/mol. The van der Waals surface area contributed by atoms with Crippen LogP contribution in [-0.2, 0) is 19.6 Å². The Kier molecular flexibility index (Phi) is 7.96. The van der Waals surface area contributed by atoms with Crippen LogP contribution in [0.3, 0.4) is 0 Å². The molecule has 184 valence electrons. The van der Waals surface area contributed by atoms with Crippen LogP contribution < -0.4 is 9.62 Å². The first-order chi connectivity index (χ1) is 16.5. The van der Waals surface area contributed by atoms with Crippen LogP contribution in [0.1, 0.15) is 46.8 Å². The average molecular weight is 495 g/mol. The van der Waals surface area contributed by atoms with Gasteiger partial charge in [-0.2, -0.15) is 0 Å². The molecule has 0 aliphatic heterocycles. The van der Waals surface area contributed by atoms with Crippen molar-refractivity contribution in [3.8, 4) is 0 Å². The molecule has 3 aromatic carbocycles. The van der Waals surface area contributed by atoms with E-state index in [-0.39, 0.29) is 16.4 Å². The summed E-state index contributed by atoms with van der Waals surface area (Å²) in [7, 11) is -2.75. The highest BCUT2D eigenvalue weighted by Gasteiger charge is 2.27. The number of nitrogens with zero attached hydrogens (tertiary/aromatic N) is 1. The molecule has 8 heteroatoms. The highest BCUT2D eigenvalue weighted by Crippen LogP contribution is 2.26. The van der Waals surface area contributed by atoms with Crippen LogP contribution in [0.2, 0.25) is 0 Å². The van der Waals surface area contributed by atoms with Crippen molar-refractivity contribution in [3.05, 3.63) is 89.0 Å². The van der Waals surface area contributed by atoms with Gasteiger partial charge in [-0.05, 0) is 67.3 Å². The predicted molar refractivity (Wildman–Crippen MR) is 137 cm³/mol. The van der Waals surface area contributed by atoms with Gasteiger partial charge in [0.2, 0.25) is 5.91 Å². The molecule has 0 saturated heterocycles. The van der Waals surface area contributed by atoms with E-state index in [4.69, 9.17) is 4.74 Å². The fourth-order valence-corrected chi connectivity index (χ4v) is 4.92. The van der Waals surface area contributed by atoms with E-state index in [0.717, 1.165) is 21.0 Å². The van der Waals surface area contributed by atoms with Crippen molar-refractivity contribution < 1.29 is 22.7 Å². The minimum Gasteiger partial charge on any atom is -0.465 e. The summed E-state index contributed by atoms with van der Waals surface area (Å²) < 4.78 is 33.0. The number of ether oxygens (including phenoxy) is 1. The van der Waals surface area contributed by atoms with Gasteiger partial charge in [0.1, 0.15) is 6.54 Å². The number of carbonyl (C=O) groups is 2. The number of carbonyl (C=O) groups excluding carboxylic acids is 2. The lowest BCUT2D eigenvalue weighted by Crippen LogP contribution is -2.38. The molecule has 0 fully saturated rings. The van der Waals surface area contributed by atoms with Crippen LogP contribution in [0.4, 0.5) is 11.4 Å². The molecule has 0 atom stereocenters. The van der Waals surface area contributed by atoms with Crippen LogP contribution in [0, 0.1) is 13.8 Å². The number of sulfonamides is 1. The van der Waals surface area contributed by atoms with E-state index in [1.807, 2.05) is 32.9 Å². The molecule has 0 heterocycles. The number of hydrogen-bond donors (Lipinski definition) is 1. The molecule has 7 nitrogen and oxygen atoms in total. The van der Waals surface area contributed by atoms with Gasteiger partial charge in [-0.25, -0.2) is 13.2 Å². The second-order valence-corrected chi connectivity index (χ2v) is 10.5. The van der Waals surface area contributed by atoms with Gasteiger partial charge in [0, 0.05) is 5.69 Å². The highest BCUT2D eigenvalue weighted by atomic mass is 32.2. The summed E-state index contributed by atoms with van der Waals surface area (Å²) in [5.74, 6) is -0.798. The number of rotatable bonds is 8. The zero-order chi connectivity index (χ0) is 25.8. The van der Waals surface area contributed by atoms with E-state index in [1.165, 1.54) is 25.3 Å². The first-order valence-corrected chi connectivity index (χ1v) is 12.6. The Morgan fingerprint density at radius 1 is 0.943 bits per heavy atom. The lowest BCUT2D eigenvalue weighted by atomic mass is 10.0. The summed E-state index contributed by atoms with van der Waals surface area (Å²) in [6.07, 6.45) is 0. The highest BCUT2D eigenvalue weighted by molar-refractivity contribution is 7.92. The van der Waals surface area contributed by atoms with E-state index < -0.39 is 28.4 Å². The van der Waals surface area contributed by atoms with Gasteiger partial charge < -0.3 is 10.1 Å². The van der Waals surface area contributed by atoms with Gasteiger partial charge in [-0.3, -0.25) is 9.10 Å². The normalized spacial score (nSPS) is 11.3. The van der Waals surface area contributed by atoms with E-state index in [9.17, 15) is 18.0 Å². The fraction of sp³-hybridized carbons (Fsp3) is 0.259. The molecule has 1 amide bonds. The average Bonchev–Trinajstić information content (AvgIpc) is 2.83. The van der Waals surface area contributed by atoms with Crippen LogP contribution >= 0.6 is 0 Å². The van der Waals surface area contributed by atoms with Crippen LogP contribution in [0.5, 0.6) is 0 Å². The molecule has 0 aromatic heterocycles. The quantitative estimate of drug-likeness (QED) is 0.443. The van der Waals surface area contributed by atoms with Crippen LogP contribution in [0.15, 0.2) is 71.6 Å². The largest absolute Gasteiger partial charge is 0.465 e. The van der Waals surface area contributed by atoms with Crippen LogP contribution in [0.25, 0.3) is 0 Å². The summed E-state index contributed by atoms with van der Waals surface area (Å²) in [6.45, 7) is 7.31. The van der Waals surface area contributed by atoms with Gasteiger partial charge in [0.15, 0.2) is 0 Å². The maximum Gasteiger partial charge on any atom is 0.337 e. The molecule has 0 aliphatic carbocycles. The van der Waals surface area contributed by atoms with Crippen molar-refractivity contribution in [2.24, 2.45) is 0 Å². The number of methoxy groups -OCH3 is 1. The van der Waals surface area contributed by atoms with Crippen molar-refractivity contribution in [3.63, 3.8) is 0 Å². The Bertz CT molecular complexity index is 1310. The smallest absolute Gasteiger partial charge is 0.337 e. The maximum absolute atomic E-state index is 13.6. The third-order valence-corrected chi connectivity index (χ3v) is 7.46. The molecule has 0 saturated carbocycles. The second-order valence-electron chi connectivity index (χ2n) is 8.64. The van der Waals surface area contributed by atoms with Crippen molar-refractivity contribution in [2.45, 2.75) is 38.5 Å².